The molecule has 1 aromatic heterocycles. The SMILES string of the molecule is CCCNC1CCCC(n2nc(C)c(C)c2C)C1. The highest BCUT2D eigenvalue weighted by molar-refractivity contribution is 5.22. The Balaban J connectivity index is 2.06. The first-order valence-electron chi connectivity index (χ1n) is 7.39. The summed E-state index contributed by atoms with van der Waals surface area (Å²) in [5.74, 6) is 0. The second-order valence-corrected chi connectivity index (χ2v) is 5.71. The van der Waals surface area contributed by atoms with Crippen molar-refractivity contribution in [3.8, 4) is 0 Å². The van der Waals surface area contributed by atoms with E-state index in [4.69, 9.17) is 5.10 Å². The molecule has 1 heterocycles. The number of hydrogen-bond donors (Lipinski definition) is 1. The van der Waals surface area contributed by atoms with Crippen LogP contribution < -0.4 is 5.32 Å². The molecule has 2 rings (SSSR count). The molecule has 2 unspecified atom stereocenters. The lowest BCUT2D eigenvalue weighted by molar-refractivity contribution is 0.267. The molecule has 2 atom stereocenters. The Bertz CT molecular complexity index is 395. The summed E-state index contributed by atoms with van der Waals surface area (Å²) < 4.78 is 2.28. The third-order valence-electron chi connectivity index (χ3n) is 4.36. The molecule has 0 radical (unpaired) electrons. The highest BCUT2D eigenvalue weighted by Gasteiger charge is 2.25. The molecular weight excluding hydrogens is 222 g/mol. The third kappa shape index (κ3) is 2.77. The molecule has 0 saturated heterocycles. The van der Waals surface area contributed by atoms with Gasteiger partial charge in [0.05, 0.1) is 11.7 Å². The lowest BCUT2D eigenvalue weighted by Gasteiger charge is -2.30. The van der Waals surface area contributed by atoms with Gasteiger partial charge in [0.1, 0.15) is 0 Å². The highest BCUT2D eigenvalue weighted by atomic mass is 15.3. The number of nitrogens with one attached hydrogen (secondary N) is 1. The van der Waals surface area contributed by atoms with Crippen molar-refractivity contribution in [3.63, 3.8) is 0 Å². The van der Waals surface area contributed by atoms with Crippen LogP contribution in [0.2, 0.25) is 0 Å². The molecule has 18 heavy (non-hydrogen) atoms. The van der Waals surface area contributed by atoms with Gasteiger partial charge in [-0.25, -0.2) is 0 Å². The van der Waals surface area contributed by atoms with E-state index >= 15 is 0 Å². The molecule has 1 fully saturated rings. The maximum absolute atomic E-state index is 4.74. The maximum Gasteiger partial charge on any atom is 0.0625 e. The molecule has 1 aromatic rings. The molecule has 0 aromatic carbocycles. The normalized spacial score (nSPS) is 24.4. The first kappa shape index (κ1) is 13.6. The topological polar surface area (TPSA) is 29.9 Å². The second kappa shape index (κ2) is 5.87. The van der Waals surface area contributed by atoms with Crippen LogP contribution in [0.15, 0.2) is 0 Å². The Kier molecular flexibility index (Phi) is 4.44. The molecule has 3 heteroatoms. The summed E-state index contributed by atoms with van der Waals surface area (Å²) in [6.45, 7) is 9.89. The molecular formula is C15H27N3. The molecule has 1 N–H and O–H groups in total. The standard InChI is InChI=1S/C15H27N3/c1-5-9-16-14-7-6-8-15(10-14)18-13(4)11(2)12(3)17-18/h14-16H,5-10H2,1-4H3. The first-order chi connectivity index (χ1) is 8.63. The Hall–Kier alpha value is -0.830. The summed E-state index contributed by atoms with van der Waals surface area (Å²) in [6, 6.07) is 1.29. The van der Waals surface area contributed by atoms with Gasteiger partial charge in [0.15, 0.2) is 0 Å². The van der Waals surface area contributed by atoms with Crippen LogP contribution >= 0.6 is 0 Å². The number of aromatic nitrogens is 2. The van der Waals surface area contributed by atoms with Crippen molar-refractivity contribution in [2.75, 3.05) is 6.54 Å². The lowest BCUT2D eigenvalue weighted by Crippen LogP contribution is -2.35. The van der Waals surface area contributed by atoms with Gasteiger partial charge in [-0.05, 0) is 65.0 Å². The van der Waals surface area contributed by atoms with Crippen LogP contribution in [0, 0.1) is 20.8 Å². The molecule has 0 bridgehead atoms. The van der Waals surface area contributed by atoms with E-state index in [-0.39, 0.29) is 0 Å². The van der Waals surface area contributed by atoms with Gasteiger partial charge in [0.25, 0.3) is 0 Å². The van der Waals surface area contributed by atoms with Gasteiger partial charge in [0, 0.05) is 11.7 Å². The van der Waals surface area contributed by atoms with Crippen molar-refractivity contribution >= 4 is 0 Å². The quantitative estimate of drug-likeness (QED) is 0.887. The molecule has 1 saturated carbocycles. The van der Waals surface area contributed by atoms with Crippen molar-refractivity contribution in [1.29, 1.82) is 0 Å². The van der Waals surface area contributed by atoms with E-state index in [1.54, 1.807) is 0 Å². The van der Waals surface area contributed by atoms with Gasteiger partial charge in [0.2, 0.25) is 0 Å². The van der Waals surface area contributed by atoms with Crippen molar-refractivity contribution in [2.24, 2.45) is 0 Å². The minimum absolute atomic E-state index is 0.598. The zero-order valence-electron chi connectivity index (χ0n) is 12.3. The fraction of sp³-hybridized carbons (Fsp3) is 0.800. The second-order valence-electron chi connectivity index (χ2n) is 5.71. The smallest absolute Gasteiger partial charge is 0.0625 e. The number of rotatable bonds is 4. The zero-order chi connectivity index (χ0) is 13.1. The average molecular weight is 249 g/mol. The molecule has 0 amide bonds. The maximum atomic E-state index is 4.74. The number of aryl methyl sites for hydroxylation is 1. The summed E-state index contributed by atoms with van der Waals surface area (Å²) in [4.78, 5) is 0. The van der Waals surface area contributed by atoms with Crippen molar-refractivity contribution < 1.29 is 0 Å². The van der Waals surface area contributed by atoms with Crippen molar-refractivity contribution in [1.82, 2.24) is 15.1 Å². The third-order valence-corrected chi connectivity index (χ3v) is 4.36. The van der Waals surface area contributed by atoms with E-state index in [0.717, 1.165) is 6.54 Å². The van der Waals surface area contributed by atoms with Crippen molar-refractivity contribution in [2.45, 2.75) is 71.9 Å². The Morgan fingerprint density at radius 2 is 2.06 bits per heavy atom. The van der Waals surface area contributed by atoms with Crippen LogP contribution in [0.4, 0.5) is 0 Å². The Morgan fingerprint density at radius 1 is 1.28 bits per heavy atom. The van der Waals surface area contributed by atoms with Gasteiger partial charge < -0.3 is 5.32 Å². The van der Waals surface area contributed by atoms with Gasteiger partial charge in [-0.3, -0.25) is 4.68 Å². The van der Waals surface area contributed by atoms with Crippen LogP contribution in [0.25, 0.3) is 0 Å². The van der Waals surface area contributed by atoms with E-state index < -0.39 is 0 Å². The predicted molar refractivity (Wildman–Crippen MR) is 76.0 cm³/mol. The Morgan fingerprint density at radius 3 is 2.67 bits per heavy atom. The fourth-order valence-corrected chi connectivity index (χ4v) is 3.02. The van der Waals surface area contributed by atoms with Crippen LogP contribution in [0.5, 0.6) is 0 Å². The van der Waals surface area contributed by atoms with E-state index in [0.29, 0.717) is 12.1 Å². The predicted octanol–water partition coefficient (Wildman–Crippen LogP) is 3.29. The number of nitrogens with zero attached hydrogens (tertiary/aromatic N) is 2. The zero-order valence-corrected chi connectivity index (χ0v) is 12.3. The molecule has 1 aliphatic rings. The fourth-order valence-electron chi connectivity index (χ4n) is 3.02. The van der Waals surface area contributed by atoms with Gasteiger partial charge in [-0.2, -0.15) is 5.10 Å². The van der Waals surface area contributed by atoms with Crippen LogP contribution in [-0.4, -0.2) is 22.4 Å². The summed E-state index contributed by atoms with van der Waals surface area (Å²) in [5.41, 5.74) is 3.91. The summed E-state index contributed by atoms with van der Waals surface area (Å²) in [7, 11) is 0. The molecule has 1 aliphatic carbocycles. The van der Waals surface area contributed by atoms with Crippen molar-refractivity contribution in [3.05, 3.63) is 17.0 Å². The molecule has 3 nitrogen and oxygen atoms in total. The summed E-state index contributed by atoms with van der Waals surface area (Å²) in [5, 5.41) is 8.41. The van der Waals surface area contributed by atoms with Gasteiger partial charge >= 0.3 is 0 Å². The monoisotopic (exact) mass is 249 g/mol. The highest BCUT2D eigenvalue weighted by Crippen LogP contribution is 2.30. The lowest BCUT2D eigenvalue weighted by atomic mass is 9.91. The van der Waals surface area contributed by atoms with E-state index in [9.17, 15) is 0 Å². The summed E-state index contributed by atoms with van der Waals surface area (Å²) in [6.07, 6.45) is 6.39. The van der Waals surface area contributed by atoms with Crippen LogP contribution in [0.3, 0.4) is 0 Å². The van der Waals surface area contributed by atoms with Crippen LogP contribution in [0.1, 0.15) is 62.0 Å². The molecule has 0 aliphatic heterocycles. The molecule has 102 valence electrons. The van der Waals surface area contributed by atoms with Gasteiger partial charge in [-0.15, -0.1) is 0 Å². The first-order valence-corrected chi connectivity index (χ1v) is 7.39. The largest absolute Gasteiger partial charge is 0.314 e. The average Bonchev–Trinajstić information content (AvgIpc) is 2.64. The summed E-state index contributed by atoms with van der Waals surface area (Å²) >= 11 is 0. The van der Waals surface area contributed by atoms with E-state index in [1.165, 1.54) is 49.1 Å². The van der Waals surface area contributed by atoms with Gasteiger partial charge in [-0.1, -0.05) is 6.92 Å². The Labute approximate surface area is 111 Å². The number of hydrogen-bond acceptors (Lipinski definition) is 2. The minimum Gasteiger partial charge on any atom is -0.314 e. The molecule has 0 spiro atoms. The minimum atomic E-state index is 0.598. The van der Waals surface area contributed by atoms with E-state index in [1.807, 2.05) is 0 Å². The van der Waals surface area contributed by atoms with Crippen LogP contribution in [-0.2, 0) is 0 Å². The van der Waals surface area contributed by atoms with E-state index in [2.05, 4.69) is 37.7 Å².